The van der Waals surface area contributed by atoms with Crippen LogP contribution < -0.4 is 10.1 Å². The highest BCUT2D eigenvalue weighted by molar-refractivity contribution is 6.36. The van der Waals surface area contributed by atoms with Crippen molar-refractivity contribution in [2.45, 2.75) is 29.1 Å². The topological polar surface area (TPSA) is 75.7 Å². The van der Waals surface area contributed by atoms with E-state index < -0.39 is 45.3 Å². The number of hydrogen-bond donors (Lipinski definition) is 1. The maximum absolute atomic E-state index is 14.7. The number of amides is 3. The molecule has 1 aliphatic heterocycles. The molecule has 5 aromatic rings. The lowest BCUT2D eigenvalue weighted by molar-refractivity contribution is -0.146. The van der Waals surface area contributed by atoms with Crippen molar-refractivity contribution in [3.05, 3.63) is 161 Å². The van der Waals surface area contributed by atoms with Gasteiger partial charge in [-0.05, 0) is 71.1 Å². The number of likely N-dealkylation sites (tertiary alicyclic amines) is 1. The van der Waals surface area contributed by atoms with Crippen molar-refractivity contribution >= 4 is 46.6 Å². The highest BCUT2D eigenvalue weighted by atomic mass is 35.5. The Kier molecular flexibility index (Phi) is 7.20. The zero-order valence-electron chi connectivity index (χ0n) is 25.9. The van der Waals surface area contributed by atoms with Gasteiger partial charge in [0.2, 0.25) is 17.7 Å². The summed E-state index contributed by atoms with van der Waals surface area (Å²) in [7, 11) is 0. The minimum Gasteiger partial charge on any atom is -0.457 e. The Bertz CT molecular complexity index is 1960. The first-order chi connectivity index (χ1) is 23.2. The number of anilines is 1. The molecular formula is C40H30Cl2N2O4. The van der Waals surface area contributed by atoms with Gasteiger partial charge in [-0.2, -0.15) is 0 Å². The Labute approximate surface area is 288 Å². The molecule has 1 fully saturated rings. The van der Waals surface area contributed by atoms with Gasteiger partial charge in [-0.3, -0.25) is 19.3 Å². The molecule has 1 N–H and O–H groups in total. The van der Waals surface area contributed by atoms with Gasteiger partial charge in [-0.15, -0.1) is 23.2 Å². The summed E-state index contributed by atoms with van der Waals surface area (Å²) in [6.45, 7) is 2.01. The standard InChI is InChI=1S/C40H30Cl2N2O4/c1-24-15-19-27(20-16-24)48-28-21-17-26(18-22-28)43-36(45)33(23-25-9-3-2-4-10-25)44-37(46)34-35(38(44)47)40(42)30-12-6-5-11-29(30)39(34,41)31-13-7-8-14-32(31)40/h2-22,33-35H,23H2,1H3,(H,43,45)/t33-,34-,35+,39?,40?/m0/s1. The highest BCUT2D eigenvalue weighted by Crippen LogP contribution is 2.69. The Balaban J connectivity index is 1.15. The van der Waals surface area contributed by atoms with Crippen molar-refractivity contribution in [3.63, 3.8) is 0 Å². The average molecular weight is 674 g/mol. The van der Waals surface area contributed by atoms with E-state index >= 15 is 0 Å². The van der Waals surface area contributed by atoms with E-state index in [2.05, 4.69) is 5.32 Å². The molecule has 238 valence electrons. The summed E-state index contributed by atoms with van der Waals surface area (Å²) in [6.07, 6.45) is 0.114. The van der Waals surface area contributed by atoms with Crippen LogP contribution >= 0.6 is 23.2 Å². The highest BCUT2D eigenvalue weighted by Gasteiger charge is 2.73. The second kappa shape index (κ2) is 11.4. The van der Waals surface area contributed by atoms with Gasteiger partial charge in [0.05, 0.1) is 11.8 Å². The molecule has 2 bridgehead atoms. The summed E-state index contributed by atoms with van der Waals surface area (Å²) in [5.41, 5.74) is 5.26. The summed E-state index contributed by atoms with van der Waals surface area (Å²) in [6, 6.07) is 37.8. The Hall–Kier alpha value is -4.91. The lowest BCUT2D eigenvalue weighted by Crippen LogP contribution is -2.57. The molecule has 4 aliphatic rings. The van der Waals surface area contributed by atoms with Crippen LogP contribution in [0.1, 0.15) is 33.4 Å². The van der Waals surface area contributed by atoms with Crippen LogP contribution in [-0.2, 0) is 30.6 Å². The van der Waals surface area contributed by atoms with Crippen LogP contribution in [0, 0.1) is 18.8 Å². The van der Waals surface area contributed by atoms with Crippen LogP contribution in [0.5, 0.6) is 11.5 Å². The van der Waals surface area contributed by atoms with Crippen LogP contribution in [-0.4, -0.2) is 28.7 Å². The van der Waals surface area contributed by atoms with Crippen molar-refractivity contribution in [2.75, 3.05) is 5.32 Å². The molecule has 9 rings (SSSR count). The van der Waals surface area contributed by atoms with E-state index in [0.717, 1.165) is 16.0 Å². The van der Waals surface area contributed by atoms with Crippen molar-refractivity contribution in [1.29, 1.82) is 0 Å². The van der Waals surface area contributed by atoms with Crippen LogP contribution in [0.4, 0.5) is 5.69 Å². The second-order valence-corrected chi connectivity index (χ2v) is 13.8. The predicted molar refractivity (Wildman–Crippen MR) is 185 cm³/mol. The first-order valence-corrected chi connectivity index (χ1v) is 16.6. The van der Waals surface area contributed by atoms with E-state index in [4.69, 9.17) is 27.9 Å². The van der Waals surface area contributed by atoms with Gasteiger partial charge >= 0.3 is 0 Å². The third-order valence-electron chi connectivity index (χ3n) is 9.88. The van der Waals surface area contributed by atoms with Crippen LogP contribution in [0.3, 0.4) is 0 Å². The summed E-state index contributed by atoms with van der Waals surface area (Å²) in [5.74, 6) is -2.22. The number of rotatable bonds is 7. The molecule has 0 saturated carbocycles. The third-order valence-corrected chi connectivity index (χ3v) is 11.2. The first-order valence-electron chi connectivity index (χ1n) is 15.9. The minimum atomic E-state index is -1.34. The number of carbonyl (C=O) groups is 3. The molecule has 0 spiro atoms. The Morgan fingerprint density at radius 2 is 1.12 bits per heavy atom. The number of nitrogens with one attached hydrogen (secondary N) is 1. The third kappa shape index (κ3) is 4.50. The molecule has 1 heterocycles. The maximum Gasteiger partial charge on any atom is 0.248 e. The quantitative estimate of drug-likeness (QED) is 0.141. The van der Waals surface area contributed by atoms with Gasteiger partial charge in [-0.25, -0.2) is 0 Å². The molecule has 3 aliphatic carbocycles. The molecule has 0 aromatic heterocycles. The molecule has 6 nitrogen and oxygen atoms in total. The fraction of sp³-hybridized carbons (Fsp3) is 0.175. The normalized spacial score (nSPS) is 24.0. The zero-order chi connectivity index (χ0) is 33.2. The van der Waals surface area contributed by atoms with Gasteiger partial charge in [0.25, 0.3) is 0 Å². The van der Waals surface area contributed by atoms with E-state index in [1.165, 1.54) is 0 Å². The number of aryl methyl sites for hydroxylation is 1. The number of alkyl halides is 2. The predicted octanol–water partition coefficient (Wildman–Crippen LogP) is 7.93. The van der Waals surface area contributed by atoms with Crippen molar-refractivity contribution < 1.29 is 19.1 Å². The van der Waals surface area contributed by atoms with Gasteiger partial charge in [0, 0.05) is 12.1 Å². The monoisotopic (exact) mass is 672 g/mol. The molecule has 3 amide bonds. The number of nitrogens with zero attached hydrogens (tertiary/aromatic N) is 1. The van der Waals surface area contributed by atoms with E-state index in [0.29, 0.717) is 39.4 Å². The number of halogens is 2. The van der Waals surface area contributed by atoms with Crippen molar-refractivity contribution in [3.8, 4) is 11.5 Å². The zero-order valence-corrected chi connectivity index (χ0v) is 27.4. The molecule has 0 radical (unpaired) electrons. The molecule has 8 heteroatoms. The number of benzene rings is 5. The molecular weight excluding hydrogens is 643 g/mol. The average Bonchev–Trinajstić information content (AvgIpc) is 3.38. The Morgan fingerprint density at radius 3 is 1.60 bits per heavy atom. The fourth-order valence-corrected chi connectivity index (χ4v) is 8.81. The summed E-state index contributed by atoms with van der Waals surface area (Å²) in [4.78, 5) is 42.1. The second-order valence-electron chi connectivity index (χ2n) is 12.7. The van der Waals surface area contributed by atoms with E-state index in [1.54, 1.807) is 24.3 Å². The SMILES string of the molecule is Cc1ccc(Oc2ccc(NC(=O)[C@H](Cc3ccccc3)N3C(=O)[C@@H]4[C@H](C3=O)C3(Cl)c5ccccc5C4(Cl)c4ccccc43)cc2)cc1. The summed E-state index contributed by atoms with van der Waals surface area (Å²) in [5, 5.41) is 2.94. The number of hydrogen-bond acceptors (Lipinski definition) is 4. The largest absolute Gasteiger partial charge is 0.457 e. The molecule has 0 unspecified atom stereocenters. The van der Waals surface area contributed by atoms with Gasteiger partial charge < -0.3 is 10.1 Å². The molecule has 5 aromatic carbocycles. The smallest absolute Gasteiger partial charge is 0.248 e. The van der Waals surface area contributed by atoms with Gasteiger partial charge in [0.1, 0.15) is 27.3 Å². The number of carbonyl (C=O) groups excluding carboxylic acids is 3. The maximum atomic E-state index is 14.7. The van der Waals surface area contributed by atoms with Crippen molar-refractivity contribution in [1.82, 2.24) is 4.90 Å². The van der Waals surface area contributed by atoms with Crippen LogP contribution in [0.15, 0.2) is 127 Å². The molecule has 48 heavy (non-hydrogen) atoms. The lowest BCUT2D eigenvalue weighted by Gasteiger charge is -2.54. The Morgan fingerprint density at radius 1 is 0.688 bits per heavy atom. The molecule has 1 saturated heterocycles. The van der Waals surface area contributed by atoms with Gasteiger partial charge in [0.15, 0.2) is 0 Å². The first kappa shape index (κ1) is 30.4. The molecule has 3 atom stereocenters. The summed E-state index contributed by atoms with van der Waals surface area (Å²) >= 11 is 15.3. The van der Waals surface area contributed by atoms with Crippen LogP contribution in [0.2, 0.25) is 0 Å². The number of ether oxygens (including phenoxy) is 1. The van der Waals surface area contributed by atoms with E-state index in [-0.39, 0.29) is 6.42 Å². The lowest BCUT2D eigenvalue weighted by atomic mass is 9.54. The van der Waals surface area contributed by atoms with E-state index in [9.17, 15) is 14.4 Å². The minimum absolute atomic E-state index is 0.114. The number of imide groups is 1. The van der Waals surface area contributed by atoms with Crippen LogP contribution in [0.25, 0.3) is 0 Å². The summed E-state index contributed by atoms with van der Waals surface area (Å²) < 4.78 is 5.95. The van der Waals surface area contributed by atoms with Gasteiger partial charge in [-0.1, -0.05) is 96.6 Å². The van der Waals surface area contributed by atoms with Crippen molar-refractivity contribution in [2.24, 2.45) is 11.8 Å². The van der Waals surface area contributed by atoms with E-state index in [1.807, 2.05) is 110 Å². The fourth-order valence-electron chi connectivity index (χ4n) is 7.71.